The molecule has 0 radical (unpaired) electrons. The molecule has 1 heterocycles. The molecule has 0 saturated carbocycles. The molecule has 82 valence electrons. The molecule has 0 spiro atoms. The SMILES string of the molecule is COc1ccc(-c2ccc(=O)[nH]n2)c(F)c1. The average molecular weight is 220 g/mol. The summed E-state index contributed by atoms with van der Waals surface area (Å²) in [6, 6.07) is 7.21. The van der Waals surface area contributed by atoms with Gasteiger partial charge in [0.15, 0.2) is 0 Å². The Morgan fingerprint density at radius 2 is 2.12 bits per heavy atom. The Balaban J connectivity index is 2.48. The van der Waals surface area contributed by atoms with Crippen LogP contribution in [-0.2, 0) is 0 Å². The molecule has 0 amide bonds. The van der Waals surface area contributed by atoms with Gasteiger partial charge < -0.3 is 4.74 Å². The normalized spacial score (nSPS) is 10.1. The zero-order valence-electron chi connectivity index (χ0n) is 8.53. The molecule has 1 aromatic carbocycles. The third-order valence-electron chi connectivity index (χ3n) is 2.13. The number of halogens is 1. The van der Waals surface area contributed by atoms with Crippen molar-refractivity contribution in [3.8, 4) is 17.0 Å². The zero-order chi connectivity index (χ0) is 11.5. The standard InChI is InChI=1S/C11H9FN2O2/c1-16-7-2-3-8(9(12)6-7)10-4-5-11(15)14-13-10/h2-6H,1H3,(H,14,15). The monoisotopic (exact) mass is 220 g/mol. The third-order valence-corrected chi connectivity index (χ3v) is 2.13. The summed E-state index contributed by atoms with van der Waals surface area (Å²) in [4.78, 5) is 10.8. The molecule has 0 aliphatic carbocycles. The fraction of sp³-hybridized carbons (Fsp3) is 0.0909. The molecule has 0 unspecified atom stereocenters. The van der Waals surface area contributed by atoms with Gasteiger partial charge in [-0.25, -0.2) is 9.49 Å². The van der Waals surface area contributed by atoms with E-state index in [0.29, 0.717) is 17.0 Å². The van der Waals surface area contributed by atoms with Gasteiger partial charge in [-0.1, -0.05) is 0 Å². The number of nitrogens with zero attached hydrogens (tertiary/aromatic N) is 1. The molecule has 1 N–H and O–H groups in total. The number of H-pyrrole nitrogens is 1. The van der Waals surface area contributed by atoms with Crippen molar-refractivity contribution in [3.05, 3.63) is 46.5 Å². The number of ether oxygens (including phenoxy) is 1. The Labute approximate surface area is 90.7 Å². The first-order valence-electron chi connectivity index (χ1n) is 4.60. The maximum Gasteiger partial charge on any atom is 0.264 e. The minimum absolute atomic E-state index is 0.317. The highest BCUT2D eigenvalue weighted by atomic mass is 19.1. The van der Waals surface area contributed by atoms with E-state index < -0.39 is 5.82 Å². The van der Waals surface area contributed by atoms with Crippen molar-refractivity contribution in [2.75, 3.05) is 7.11 Å². The maximum absolute atomic E-state index is 13.6. The number of benzene rings is 1. The molecule has 4 nitrogen and oxygen atoms in total. The molecule has 2 rings (SSSR count). The van der Waals surface area contributed by atoms with Crippen LogP contribution in [0.5, 0.6) is 5.75 Å². The highest BCUT2D eigenvalue weighted by Gasteiger charge is 2.07. The highest BCUT2D eigenvalue weighted by Crippen LogP contribution is 2.23. The molecule has 0 aliphatic rings. The van der Waals surface area contributed by atoms with Crippen LogP contribution in [0, 0.1) is 5.82 Å². The zero-order valence-corrected chi connectivity index (χ0v) is 8.53. The predicted molar refractivity (Wildman–Crippen MR) is 56.8 cm³/mol. The molecular weight excluding hydrogens is 211 g/mol. The van der Waals surface area contributed by atoms with Crippen LogP contribution in [0.15, 0.2) is 35.1 Å². The lowest BCUT2D eigenvalue weighted by molar-refractivity contribution is 0.411. The van der Waals surface area contributed by atoms with Gasteiger partial charge >= 0.3 is 0 Å². The van der Waals surface area contributed by atoms with Crippen LogP contribution >= 0.6 is 0 Å². The number of rotatable bonds is 2. The first-order valence-corrected chi connectivity index (χ1v) is 4.60. The van der Waals surface area contributed by atoms with Crippen molar-refractivity contribution in [1.29, 1.82) is 0 Å². The largest absolute Gasteiger partial charge is 0.497 e. The van der Waals surface area contributed by atoms with Gasteiger partial charge in [0.2, 0.25) is 0 Å². The Hall–Kier alpha value is -2.17. The Kier molecular flexibility index (Phi) is 2.68. The molecule has 16 heavy (non-hydrogen) atoms. The summed E-state index contributed by atoms with van der Waals surface area (Å²) in [5.41, 5.74) is 0.370. The lowest BCUT2D eigenvalue weighted by atomic mass is 10.1. The van der Waals surface area contributed by atoms with E-state index in [1.807, 2.05) is 0 Å². The highest BCUT2D eigenvalue weighted by molar-refractivity contribution is 5.60. The first kappa shape index (κ1) is 10.4. The number of aromatic amines is 1. The summed E-state index contributed by atoms with van der Waals surface area (Å²) < 4.78 is 18.5. The van der Waals surface area contributed by atoms with Crippen LogP contribution in [0.3, 0.4) is 0 Å². The van der Waals surface area contributed by atoms with E-state index >= 15 is 0 Å². The number of hydrogen-bond donors (Lipinski definition) is 1. The van der Waals surface area contributed by atoms with E-state index in [9.17, 15) is 9.18 Å². The molecule has 0 atom stereocenters. The van der Waals surface area contributed by atoms with Crippen molar-refractivity contribution in [2.24, 2.45) is 0 Å². The summed E-state index contributed by atoms with van der Waals surface area (Å²) in [6.07, 6.45) is 0. The van der Waals surface area contributed by atoms with Crippen molar-refractivity contribution < 1.29 is 9.13 Å². The molecule has 0 aliphatic heterocycles. The van der Waals surface area contributed by atoms with Crippen LogP contribution in [0.1, 0.15) is 0 Å². The number of nitrogens with one attached hydrogen (secondary N) is 1. The molecule has 0 saturated heterocycles. The van der Waals surface area contributed by atoms with E-state index in [2.05, 4.69) is 10.2 Å². The van der Waals surface area contributed by atoms with Crippen LogP contribution in [0.4, 0.5) is 4.39 Å². The van der Waals surface area contributed by atoms with Gasteiger partial charge in [-0.2, -0.15) is 5.10 Å². The molecule has 2 aromatic rings. The van der Waals surface area contributed by atoms with Gasteiger partial charge in [0.25, 0.3) is 5.56 Å². The van der Waals surface area contributed by atoms with Crippen molar-refractivity contribution in [2.45, 2.75) is 0 Å². The fourth-order valence-electron chi connectivity index (χ4n) is 1.33. The van der Waals surface area contributed by atoms with E-state index in [4.69, 9.17) is 4.74 Å². The Morgan fingerprint density at radius 3 is 2.69 bits per heavy atom. The van der Waals surface area contributed by atoms with Gasteiger partial charge in [-0.15, -0.1) is 0 Å². The summed E-state index contributed by atoms with van der Waals surface area (Å²) in [6.45, 7) is 0. The van der Waals surface area contributed by atoms with Crippen molar-refractivity contribution in [1.82, 2.24) is 10.2 Å². The first-order chi connectivity index (χ1) is 7.70. The summed E-state index contributed by atoms with van der Waals surface area (Å²) >= 11 is 0. The Bertz CT molecular complexity index is 546. The van der Waals surface area contributed by atoms with Gasteiger partial charge in [0, 0.05) is 17.7 Å². The van der Waals surface area contributed by atoms with Gasteiger partial charge in [-0.3, -0.25) is 4.79 Å². The minimum atomic E-state index is -0.445. The molecule has 0 bridgehead atoms. The van der Waals surface area contributed by atoms with E-state index in [0.717, 1.165) is 0 Å². The third kappa shape index (κ3) is 1.93. The molecule has 1 aromatic heterocycles. The number of hydrogen-bond acceptors (Lipinski definition) is 3. The van der Waals surface area contributed by atoms with Crippen LogP contribution in [-0.4, -0.2) is 17.3 Å². The van der Waals surface area contributed by atoms with Gasteiger partial charge in [-0.05, 0) is 18.2 Å². The minimum Gasteiger partial charge on any atom is -0.497 e. The predicted octanol–water partition coefficient (Wildman–Crippen LogP) is 1.58. The maximum atomic E-state index is 13.6. The smallest absolute Gasteiger partial charge is 0.264 e. The lowest BCUT2D eigenvalue weighted by Crippen LogP contribution is -2.06. The quantitative estimate of drug-likeness (QED) is 0.836. The van der Waals surface area contributed by atoms with Gasteiger partial charge in [0.05, 0.1) is 12.8 Å². The fourth-order valence-corrected chi connectivity index (χ4v) is 1.33. The number of aromatic nitrogens is 2. The second-order valence-electron chi connectivity index (χ2n) is 3.15. The van der Waals surface area contributed by atoms with E-state index in [-0.39, 0.29) is 5.56 Å². The van der Waals surface area contributed by atoms with Crippen LogP contribution in [0.2, 0.25) is 0 Å². The summed E-state index contributed by atoms with van der Waals surface area (Å²) in [5, 5.41) is 6.00. The number of methoxy groups -OCH3 is 1. The second kappa shape index (κ2) is 4.14. The lowest BCUT2D eigenvalue weighted by Gasteiger charge is -2.04. The van der Waals surface area contributed by atoms with E-state index in [1.54, 1.807) is 12.1 Å². The summed E-state index contributed by atoms with van der Waals surface area (Å²) in [5.74, 6) is -0.00965. The second-order valence-corrected chi connectivity index (χ2v) is 3.15. The molecule has 5 heteroatoms. The van der Waals surface area contributed by atoms with Crippen LogP contribution in [0.25, 0.3) is 11.3 Å². The summed E-state index contributed by atoms with van der Waals surface area (Å²) in [7, 11) is 1.46. The average Bonchev–Trinajstić information content (AvgIpc) is 2.30. The van der Waals surface area contributed by atoms with E-state index in [1.165, 1.54) is 25.3 Å². The molecule has 0 fully saturated rings. The topological polar surface area (TPSA) is 55.0 Å². The van der Waals surface area contributed by atoms with Crippen molar-refractivity contribution in [3.63, 3.8) is 0 Å². The van der Waals surface area contributed by atoms with Gasteiger partial charge in [0.1, 0.15) is 11.6 Å². The Morgan fingerprint density at radius 1 is 1.31 bits per heavy atom. The van der Waals surface area contributed by atoms with Crippen LogP contribution < -0.4 is 10.3 Å². The van der Waals surface area contributed by atoms with Crippen molar-refractivity contribution >= 4 is 0 Å². The molecular formula is C11H9FN2O2.